The fourth-order valence-electron chi connectivity index (χ4n) is 1.65. The van der Waals surface area contributed by atoms with Crippen molar-refractivity contribution >= 4 is 0 Å². The fourth-order valence-corrected chi connectivity index (χ4v) is 1.65. The number of hydrogen-bond donors (Lipinski definition) is 1. The van der Waals surface area contributed by atoms with Crippen LogP contribution in [0.1, 0.15) is 11.7 Å². The molecule has 0 bridgehead atoms. The van der Waals surface area contributed by atoms with Gasteiger partial charge >= 0.3 is 12.4 Å². The zero-order valence-electron chi connectivity index (χ0n) is 9.47. The minimum absolute atomic E-state index is 0.306. The van der Waals surface area contributed by atoms with Gasteiger partial charge in [-0.2, -0.15) is 31.4 Å². The Bertz CT molecular complexity index is 380. The summed E-state index contributed by atoms with van der Waals surface area (Å²) in [4.78, 5) is 0. The SMILES string of the molecule is CNC(c1ccn(C)n1)C(C(F)(F)F)C(F)(F)F. The van der Waals surface area contributed by atoms with Gasteiger partial charge in [0.1, 0.15) is 0 Å². The molecule has 18 heavy (non-hydrogen) atoms. The summed E-state index contributed by atoms with van der Waals surface area (Å²) in [7, 11) is 2.44. The van der Waals surface area contributed by atoms with Crippen LogP contribution in [0.3, 0.4) is 0 Å². The van der Waals surface area contributed by atoms with Gasteiger partial charge < -0.3 is 5.32 Å². The van der Waals surface area contributed by atoms with E-state index in [2.05, 4.69) is 5.10 Å². The van der Waals surface area contributed by atoms with E-state index in [1.165, 1.54) is 13.2 Å². The van der Waals surface area contributed by atoms with E-state index >= 15 is 0 Å². The van der Waals surface area contributed by atoms with Crippen LogP contribution in [0, 0.1) is 5.92 Å². The second-order valence-corrected chi connectivity index (χ2v) is 3.74. The maximum absolute atomic E-state index is 12.6. The normalized spacial score (nSPS) is 15.2. The highest BCUT2D eigenvalue weighted by Gasteiger charge is 2.60. The lowest BCUT2D eigenvalue weighted by Gasteiger charge is -2.29. The average molecular weight is 275 g/mol. The molecule has 0 aromatic carbocycles. The van der Waals surface area contributed by atoms with E-state index in [0.29, 0.717) is 0 Å². The first-order chi connectivity index (χ1) is 8.07. The van der Waals surface area contributed by atoms with Crippen LogP contribution in [0.2, 0.25) is 0 Å². The molecule has 1 N–H and O–H groups in total. The summed E-state index contributed by atoms with van der Waals surface area (Å²) in [6, 6.07) is -0.850. The highest BCUT2D eigenvalue weighted by molar-refractivity contribution is 5.09. The van der Waals surface area contributed by atoms with Crippen molar-refractivity contribution in [3.05, 3.63) is 18.0 Å². The van der Waals surface area contributed by atoms with Gasteiger partial charge in [0.2, 0.25) is 0 Å². The maximum Gasteiger partial charge on any atom is 0.402 e. The van der Waals surface area contributed by atoms with Crippen molar-refractivity contribution in [3.63, 3.8) is 0 Å². The molecule has 3 nitrogen and oxygen atoms in total. The van der Waals surface area contributed by atoms with Crippen molar-refractivity contribution in [2.75, 3.05) is 7.05 Å². The van der Waals surface area contributed by atoms with Crippen molar-refractivity contribution < 1.29 is 26.3 Å². The second kappa shape index (κ2) is 4.79. The first kappa shape index (κ1) is 14.8. The Balaban J connectivity index is 3.18. The first-order valence-electron chi connectivity index (χ1n) is 4.87. The van der Waals surface area contributed by atoms with Gasteiger partial charge in [-0.1, -0.05) is 0 Å². The lowest BCUT2D eigenvalue weighted by atomic mass is 9.96. The van der Waals surface area contributed by atoms with Crippen LogP contribution < -0.4 is 5.32 Å². The fraction of sp³-hybridized carbons (Fsp3) is 0.667. The van der Waals surface area contributed by atoms with Crippen molar-refractivity contribution in [1.82, 2.24) is 15.1 Å². The van der Waals surface area contributed by atoms with Gasteiger partial charge in [0.25, 0.3) is 0 Å². The third-order valence-electron chi connectivity index (χ3n) is 2.40. The second-order valence-electron chi connectivity index (χ2n) is 3.74. The van der Waals surface area contributed by atoms with Gasteiger partial charge in [-0.25, -0.2) is 0 Å². The summed E-state index contributed by atoms with van der Waals surface area (Å²) in [6.07, 6.45) is -9.52. The van der Waals surface area contributed by atoms with E-state index in [1.54, 1.807) is 0 Å². The number of halogens is 6. The van der Waals surface area contributed by atoms with Crippen molar-refractivity contribution in [2.24, 2.45) is 13.0 Å². The molecule has 9 heteroatoms. The van der Waals surface area contributed by atoms with E-state index in [9.17, 15) is 26.3 Å². The van der Waals surface area contributed by atoms with E-state index in [4.69, 9.17) is 0 Å². The number of aryl methyl sites for hydroxylation is 1. The van der Waals surface area contributed by atoms with Gasteiger partial charge in [-0.15, -0.1) is 0 Å². The molecule has 1 heterocycles. The molecule has 0 fully saturated rings. The molecule has 1 unspecified atom stereocenters. The van der Waals surface area contributed by atoms with Crippen molar-refractivity contribution in [1.29, 1.82) is 0 Å². The van der Waals surface area contributed by atoms with E-state index in [0.717, 1.165) is 17.8 Å². The molecule has 104 valence electrons. The summed E-state index contributed by atoms with van der Waals surface area (Å²) in [5, 5.41) is 5.61. The van der Waals surface area contributed by atoms with Crippen molar-refractivity contribution in [2.45, 2.75) is 18.4 Å². The molecule has 0 spiro atoms. The summed E-state index contributed by atoms with van der Waals surface area (Å²) in [5.74, 6) is -3.50. The smallest absolute Gasteiger partial charge is 0.311 e. The Morgan fingerprint density at radius 1 is 1.17 bits per heavy atom. The molecule has 0 amide bonds. The monoisotopic (exact) mass is 275 g/mol. The molecule has 1 aromatic rings. The molecule has 0 saturated heterocycles. The number of alkyl halides is 6. The van der Waals surface area contributed by atoms with Crippen molar-refractivity contribution in [3.8, 4) is 0 Å². The zero-order chi connectivity index (χ0) is 14.1. The molecule has 0 aliphatic rings. The molecule has 0 radical (unpaired) electrons. The standard InChI is InChI=1S/C9H11F6N3/c1-16-6(5-3-4-18(2)17-5)7(8(10,11)12)9(13,14)15/h3-4,6-7,16H,1-2H3. The van der Waals surface area contributed by atoms with Gasteiger partial charge in [0, 0.05) is 13.2 Å². The summed E-state index contributed by atoms with van der Waals surface area (Å²) in [5.41, 5.74) is -0.306. The molecular formula is C9H11F6N3. The topological polar surface area (TPSA) is 29.9 Å². The van der Waals surface area contributed by atoms with Crippen LogP contribution in [0.25, 0.3) is 0 Å². The largest absolute Gasteiger partial charge is 0.402 e. The zero-order valence-corrected chi connectivity index (χ0v) is 9.47. The number of aromatic nitrogens is 2. The Kier molecular flexibility index (Phi) is 3.94. The third-order valence-corrected chi connectivity index (χ3v) is 2.40. The molecular weight excluding hydrogens is 264 g/mol. The third kappa shape index (κ3) is 3.15. The predicted octanol–water partition coefficient (Wildman–Crippen LogP) is 2.42. The molecule has 0 aliphatic carbocycles. The van der Waals surface area contributed by atoms with E-state index in [-0.39, 0.29) is 5.69 Å². The van der Waals surface area contributed by atoms with Crippen LogP contribution in [0.5, 0.6) is 0 Å². The Morgan fingerprint density at radius 2 is 1.67 bits per heavy atom. The molecule has 1 atom stereocenters. The highest BCUT2D eigenvalue weighted by atomic mass is 19.4. The quantitative estimate of drug-likeness (QED) is 0.859. The van der Waals surface area contributed by atoms with Gasteiger partial charge in [-0.05, 0) is 13.1 Å². The Morgan fingerprint density at radius 3 is 1.94 bits per heavy atom. The Hall–Kier alpha value is -1.25. The highest BCUT2D eigenvalue weighted by Crippen LogP contribution is 2.45. The molecule has 1 aromatic heterocycles. The van der Waals surface area contributed by atoms with Crippen LogP contribution in [-0.2, 0) is 7.05 Å². The maximum atomic E-state index is 12.6. The molecule has 1 rings (SSSR count). The molecule has 0 saturated carbocycles. The average Bonchev–Trinajstić information content (AvgIpc) is 2.56. The lowest BCUT2D eigenvalue weighted by Crippen LogP contribution is -2.45. The summed E-state index contributed by atoms with van der Waals surface area (Å²) in [6.45, 7) is 0. The van der Waals surface area contributed by atoms with Gasteiger partial charge in [0.05, 0.1) is 11.7 Å². The number of rotatable bonds is 3. The summed E-state index contributed by atoms with van der Waals surface area (Å²) < 4.78 is 76.4. The van der Waals surface area contributed by atoms with Crippen LogP contribution in [0.15, 0.2) is 12.3 Å². The van der Waals surface area contributed by atoms with E-state index < -0.39 is 24.3 Å². The minimum Gasteiger partial charge on any atom is -0.311 e. The minimum atomic E-state index is -5.40. The predicted molar refractivity (Wildman–Crippen MR) is 50.6 cm³/mol. The number of nitrogens with zero attached hydrogens (tertiary/aromatic N) is 2. The number of nitrogens with one attached hydrogen (secondary N) is 1. The lowest BCUT2D eigenvalue weighted by molar-refractivity contribution is -0.292. The van der Waals surface area contributed by atoms with Gasteiger partial charge in [0.15, 0.2) is 5.92 Å². The van der Waals surface area contributed by atoms with Gasteiger partial charge in [-0.3, -0.25) is 4.68 Å². The van der Waals surface area contributed by atoms with Crippen LogP contribution >= 0.6 is 0 Å². The van der Waals surface area contributed by atoms with Crippen LogP contribution in [0.4, 0.5) is 26.3 Å². The first-order valence-corrected chi connectivity index (χ1v) is 4.87. The van der Waals surface area contributed by atoms with Crippen LogP contribution in [-0.4, -0.2) is 29.2 Å². The molecule has 0 aliphatic heterocycles. The Labute approximate surface area is 98.8 Å². The van der Waals surface area contributed by atoms with E-state index in [1.807, 2.05) is 5.32 Å². The number of hydrogen-bond acceptors (Lipinski definition) is 2. The summed E-state index contributed by atoms with van der Waals surface area (Å²) >= 11 is 0.